The average Bonchev–Trinajstić information content (AvgIpc) is 2.01. The summed E-state index contributed by atoms with van der Waals surface area (Å²) >= 11 is 2.23. The van der Waals surface area contributed by atoms with Gasteiger partial charge in [-0.3, -0.25) is 0 Å². The maximum Gasteiger partial charge on any atom is 0.192 e. The molecule has 0 atom stereocenters. The Morgan fingerprint density at radius 3 is 2.27 bits per heavy atom. The van der Waals surface area contributed by atoms with Crippen LogP contribution in [0, 0.1) is 0 Å². The molecule has 88 valence electrons. The molecule has 0 rings (SSSR count). The number of hydrogen-bond acceptors (Lipinski definition) is 1. The Kier molecular flexibility index (Phi) is 6.36. The quantitative estimate of drug-likeness (QED) is 0.402. The predicted octanol–water partition coefficient (Wildman–Crippen LogP) is 4.90. The van der Waals surface area contributed by atoms with E-state index in [0.717, 1.165) is 6.61 Å². The summed E-state index contributed by atoms with van der Waals surface area (Å²) in [6, 6.07) is 0. The van der Waals surface area contributed by atoms with Crippen LogP contribution < -0.4 is 0 Å². The van der Waals surface area contributed by atoms with Gasteiger partial charge in [0.25, 0.3) is 0 Å². The minimum Gasteiger partial charge on any atom is -0.413 e. The molecule has 0 aromatic carbocycles. The fraction of sp³-hybridized carbons (Fsp3) is 0.667. The zero-order valence-electron chi connectivity index (χ0n) is 10.7. The highest BCUT2D eigenvalue weighted by Crippen LogP contribution is 2.36. The zero-order chi connectivity index (χ0) is 12.1. The molecule has 0 N–H and O–H groups in total. The lowest BCUT2D eigenvalue weighted by Gasteiger charge is -2.35. The fourth-order valence-electron chi connectivity index (χ4n) is 0.765. The monoisotopic (exact) mass is 338 g/mol. The van der Waals surface area contributed by atoms with Gasteiger partial charge in [0.05, 0.1) is 6.61 Å². The van der Waals surface area contributed by atoms with Crippen LogP contribution in [0.5, 0.6) is 0 Å². The summed E-state index contributed by atoms with van der Waals surface area (Å²) in [5.41, 5.74) is 1.27. The van der Waals surface area contributed by atoms with E-state index in [0.29, 0.717) is 5.04 Å². The van der Waals surface area contributed by atoms with E-state index in [4.69, 9.17) is 4.43 Å². The molecule has 0 aromatic rings. The van der Waals surface area contributed by atoms with Gasteiger partial charge in [0.2, 0.25) is 0 Å². The molecular weight excluding hydrogens is 315 g/mol. The normalized spacial score (nSPS) is 15.0. The lowest BCUT2D eigenvalue weighted by atomic mass is 10.2. The van der Waals surface area contributed by atoms with E-state index in [-0.39, 0.29) is 0 Å². The van der Waals surface area contributed by atoms with E-state index < -0.39 is 8.32 Å². The smallest absolute Gasteiger partial charge is 0.192 e. The second-order valence-electron chi connectivity index (χ2n) is 5.31. The first kappa shape index (κ1) is 15.4. The molecule has 0 spiro atoms. The summed E-state index contributed by atoms with van der Waals surface area (Å²) in [5.74, 6) is 0. The van der Waals surface area contributed by atoms with E-state index >= 15 is 0 Å². The molecule has 0 aromatic heterocycles. The summed E-state index contributed by atoms with van der Waals surface area (Å²) in [6.07, 6.45) is 4.24. The third-order valence-electron chi connectivity index (χ3n) is 2.98. The standard InChI is InChI=1S/C12H23IOSi/c1-11(7-9-13)8-10-14-15(5,6)12(2,3)4/h7-9H,10H2,1-6H3/b9-7-,11-8+. The maximum absolute atomic E-state index is 6.04. The molecule has 15 heavy (non-hydrogen) atoms. The Balaban J connectivity index is 4.23. The summed E-state index contributed by atoms with van der Waals surface area (Å²) in [4.78, 5) is 0. The van der Waals surface area contributed by atoms with Crippen molar-refractivity contribution >= 4 is 30.9 Å². The third kappa shape index (κ3) is 5.87. The lowest BCUT2D eigenvalue weighted by Crippen LogP contribution is -2.40. The van der Waals surface area contributed by atoms with Crippen LogP contribution in [0.3, 0.4) is 0 Å². The molecule has 0 fully saturated rings. The minimum atomic E-state index is -1.57. The minimum absolute atomic E-state index is 0.299. The first-order valence-corrected chi connectivity index (χ1v) is 9.43. The molecule has 1 nitrogen and oxygen atoms in total. The van der Waals surface area contributed by atoms with Crippen LogP contribution >= 0.6 is 22.6 Å². The number of allylic oxidation sites excluding steroid dienone is 2. The van der Waals surface area contributed by atoms with E-state index in [1.54, 1.807) is 0 Å². The first-order valence-electron chi connectivity index (χ1n) is 5.28. The van der Waals surface area contributed by atoms with E-state index in [9.17, 15) is 0 Å². The highest BCUT2D eigenvalue weighted by atomic mass is 127. The Bertz CT molecular complexity index is 249. The van der Waals surface area contributed by atoms with E-state index in [1.165, 1.54) is 5.57 Å². The molecule has 0 saturated carbocycles. The molecule has 0 saturated heterocycles. The van der Waals surface area contributed by atoms with Crippen molar-refractivity contribution < 1.29 is 4.43 Å². The van der Waals surface area contributed by atoms with Gasteiger partial charge in [-0.15, -0.1) is 0 Å². The molecule has 0 amide bonds. The van der Waals surface area contributed by atoms with E-state index in [1.807, 2.05) is 4.08 Å². The van der Waals surface area contributed by atoms with Crippen molar-refractivity contribution in [2.75, 3.05) is 6.61 Å². The van der Waals surface area contributed by atoms with Gasteiger partial charge in [0, 0.05) is 0 Å². The maximum atomic E-state index is 6.04. The highest BCUT2D eigenvalue weighted by molar-refractivity contribution is 14.1. The molecule has 0 aliphatic rings. The number of halogens is 1. The van der Waals surface area contributed by atoms with Crippen LogP contribution in [0.2, 0.25) is 18.1 Å². The van der Waals surface area contributed by atoms with Gasteiger partial charge in [0.15, 0.2) is 8.32 Å². The SMILES string of the molecule is CC(/C=C\I)=C\CO[Si](C)(C)C(C)(C)C. The van der Waals surface area contributed by atoms with Gasteiger partial charge >= 0.3 is 0 Å². The Morgan fingerprint density at radius 2 is 1.87 bits per heavy atom. The van der Waals surface area contributed by atoms with Gasteiger partial charge in [0.1, 0.15) is 0 Å². The van der Waals surface area contributed by atoms with Gasteiger partial charge in [-0.2, -0.15) is 0 Å². The van der Waals surface area contributed by atoms with Gasteiger partial charge in [-0.05, 0) is 29.1 Å². The topological polar surface area (TPSA) is 9.23 Å². The lowest BCUT2D eigenvalue weighted by molar-refractivity contribution is 0.327. The zero-order valence-corrected chi connectivity index (χ0v) is 13.9. The van der Waals surface area contributed by atoms with Crippen molar-refractivity contribution in [1.82, 2.24) is 0 Å². The van der Waals surface area contributed by atoms with Crippen molar-refractivity contribution in [2.24, 2.45) is 0 Å². The second-order valence-corrected chi connectivity index (χ2v) is 10.8. The Morgan fingerprint density at radius 1 is 1.33 bits per heavy atom. The summed E-state index contributed by atoms with van der Waals surface area (Å²) in [7, 11) is -1.57. The second kappa shape index (κ2) is 6.20. The average molecular weight is 338 g/mol. The summed E-state index contributed by atoms with van der Waals surface area (Å²) in [5, 5.41) is 0.299. The predicted molar refractivity (Wildman–Crippen MR) is 80.1 cm³/mol. The van der Waals surface area contributed by atoms with Gasteiger partial charge in [-0.25, -0.2) is 0 Å². The van der Waals surface area contributed by atoms with Gasteiger partial charge in [-0.1, -0.05) is 61.1 Å². The van der Waals surface area contributed by atoms with Crippen LogP contribution in [-0.4, -0.2) is 14.9 Å². The molecule has 0 unspecified atom stereocenters. The first-order chi connectivity index (χ1) is 6.70. The summed E-state index contributed by atoms with van der Waals surface area (Å²) in [6.45, 7) is 14.2. The van der Waals surface area contributed by atoms with Crippen LogP contribution in [0.1, 0.15) is 27.7 Å². The fourth-order valence-corrected chi connectivity index (χ4v) is 2.27. The van der Waals surface area contributed by atoms with Crippen LogP contribution in [0.15, 0.2) is 21.8 Å². The van der Waals surface area contributed by atoms with Gasteiger partial charge < -0.3 is 4.43 Å². The van der Waals surface area contributed by atoms with Crippen molar-refractivity contribution in [1.29, 1.82) is 0 Å². The molecular formula is C12H23IOSi. The molecule has 0 heterocycles. The van der Waals surface area contributed by atoms with E-state index in [2.05, 4.69) is 75.5 Å². The Hall–Kier alpha value is 0.387. The molecule has 0 bridgehead atoms. The third-order valence-corrected chi connectivity index (χ3v) is 7.84. The van der Waals surface area contributed by atoms with Crippen LogP contribution in [0.4, 0.5) is 0 Å². The molecule has 0 aliphatic carbocycles. The van der Waals surface area contributed by atoms with Crippen molar-refractivity contribution in [3.05, 3.63) is 21.8 Å². The molecule has 0 radical (unpaired) electrons. The molecule has 0 aliphatic heterocycles. The highest BCUT2D eigenvalue weighted by Gasteiger charge is 2.36. The van der Waals surface area contributed by atoms with Crippen molar-refractivity contribution in [3.8, 4) is 0 Å². The summed E-state index contributed by atoms with van der Waals surface area (Å²) < 4.78 is 8.06. The van der Waals surface area contributed by atoms with Crippen LogP contribution in [-0.2, 0) is 4.43 Å². The molecule has 3 heteroatoms. The largest absolute Gasteiger partial charge is 0.413 e. The Labute approximate surface area is 109 Å². The van der Waals surface area contributed by atoms with Crippen LogP contribution in [0.25, 0.3) is 0 Å². The van der Waals surface area contributed by atoms with Crippen molar-refractivity contribution in [3.63, 3.8) is 0 Å². The van der Waals surface area contributed by atoms with Crippen molar-refractivity contribution in [2.45, 2.75) is 45.8 Å². The number of hydrogen-bond donors (Lipinski definition) is 0. The number of rotatable bonds is 4.